The van der Waals surface area contributed by atoms with Crippen LogP contribution in [-0.4, -0.2) is 25.3 Å². The molecule has 5 unspecified atom stereocenters. The molecule has 5 atom stereocenters. The van der Waals surface area contributed by atoms with E-state index in [4.69, 9.17) is 5.11 Å². The van der Waals surface area contributed by atoms with Crippen molar-refractivity contribution in [3.63, 3.8) is 0 Å². The van der Waals surface area contributed by atoms with E-state index >= 15 is 0 Å². The molecule has 0 amide bonds. The summed E-state index contributed by atoms with van der Waals surface area (Å²) >= 11 is 0. The van der Waals surface area contributed by atoms with Crippen LogP contribution in [0.25, 0.3) is 12.2 Å². The minimum atomic E-state index is 0.405. The van der Waals surface area contributed by atoms with Gasteiger partial charge in [-0.2, -0.15) is 0 Å². The Hall–Kier alpha value is -1.90. The third-order valence-corrected chi connectivity index (χ3v) is 10.1. The van der Waals surface area contributed by atoms with Crippen LogP contribution in [0.15, 0.2) is 54.2 Å². The van der Waals surface area contributed by atoms with Crippen LogP contribution < -0.4 is 5.32 Å². The number of nitrogens with one attached hydrogen (secondary N) is 1. The van der Waals surface area contributed by atoms with Crippen molar-refractivity contribution in [1.29, 1.82) is 0 Å². The van der Waals surface area contributed by atoms with E-state index in [1.54, 1.807) is 16.7 Å². The van der Waals surface area contributed by atoms with Crippen molar-refractivity contribution in [2.75, 3.05) is 20.2 Å². The summed E-state index contributed by atoms with van der Waals surface area (Å²) in [5.74, 6) is 3.22. The van der Waals surface area contributed by atoms with E-state index in [9.17, 15) is 0 Å². The molecule has 2 N–H and O–H groups in total. The Morgan fingerprint density at radius 3 is 2.38 bits per heavy atom. The average Bonchev–Trinajstić information content (AvgIpc) is 3.64. The smallest absolute Gasteiger partial charge is 0.0319 e. The third-order valence-electron chi connectivity index (χ3n) is 10.1. The summed E-state index contributed by atoms with van der Waals surface area (Å²) in [6, 6.07) is 7.15. The van der Waals surface area contributed by atoms with Crippen molar-refractivity contribution < 1.29 is 5.11 Å². The number of fused-ring (bicyclic) bond motifs is 4. The molecule has 1 aliphatic heterocycles. The largest absolute Gasteiger partial charge is 0.400 e. The van der Waals surface area contributed by atoms with E-state index in [-0.39, 0.29) is 0 Å². The SMILES string of the molecule is C1CCNC1.C=Cc1cc(C2CCC3C4CCC5CCCCC5=CC4=CCC23C)ccc1/C=C\C.CC.CO. The maximum atomic E-state index is 7.00. The Morgan fingerprint density at radius 2 is 1.72 bits per heavy atom. The molecule has 0 aromatic heterocycles. The quantitative estimate of drug-likeness (QED) is 0.407. The molecule has 1 aromatic carbocycles. The summed E-state index contributed by atoms with van der Waals surface area (Å²) in [5.41, 5.74) is 8.03. The molecular weight excluding hydrogens is 474 g/mol. The molecule has 5 aliphatic rings. The second kappa shape index (κ2) is 15.8. The fraction of sp³-hybridized carbons (Fsp3) is 0.622. The number of aliphatic hydroxyl groups is 1. The first-order valence-corrected chi connectivity index (χ1v) is 16.1. The summed E-state index contributed by atoms with van der Waals surface area (Å²) in [6.45, 7) is 15.3. The van der Waals surface area contributed by atoms with Gasteiger partial charge in [-0.15, -0.1) is 0 Å². The average molecular weight is 532 g/mol. The highest BCUT2D eigenvalue weighted by molar-refractivity contribution is 5.65. The van der Waals surface area contributed by atoms with Crippen LogP contribution in [0.5, 0.6) is 0 Å². The molecule has 2 saturated carbocycles. The topological polar surface area (TPSA) is 32.3 Å². The second-order valence-electron chi connectivity index (χ2n) is 12.0. The first-order chi connectivity index (χ1) is 19.1. The van der Waals surface area contributed by atoms with Crippen LogP contribution in [-0.2, 0) is 0 Å². The molecule has 216 valence electrons. The van der Waals surface area contributed by atoms with Crippen molar-refractivity contribution in [2.24, 2.45) is 23.2 Å². The lowest BCUT2D eigenvalue weighted by Gasteiger charge is -2.44. The molecule has 2 heteroatoms. The predicted molar refractivity (Wildman–Crippen MR) is 172 cm³/mol. The highest BCUT2D eigenvalue weighted by Crippen LogP contribution is 2.62. The van der Waals surface area contributed by atoms with Crippen molar-refractivity contribution in [1.82, 2.24) is 5.32 Å². The van der Waals surface area contributed by atoms with E-state index in [0.717, 1.165) is 24.9 Å². The fourth-order valence-electron chi connectivity index (χ4n) is 8.19. The molecule has 1 saturated heterocycles. The maximum absolute atomic E-state index is 7.00. The van der Waals surface area contributed by atoms with Gasteiger partial charge in [-0.3, -0.25) is 0 Å². The summed E-state index contributed by atoms with van der Waals surface area (Å²) in [7, 11) is 1.00. The molecule has 2 nitrogen and oxygen atoms in total. The van der Waals surface area contributed by atoms with Crippen LogP contribution in [0.4, 0.5) is 0 Å². The van der Waals surface area contributed by atoms with Gasteiger partial charge in [0, 0.05) is 7.11 Å². The Kier molecular flexibility index (Phi) is 12.8. The van der Waals surface area contributed by atoms with Gasteiger partial charge in [0.25, 0.3) is 0 Å². The molecule has 3 fully saturated rings. The second-order valence-corrected chi connectivity index (χ2v) is 12.0. The zero-order chi connectivity index (χ0) is 28.3. The monoisotopic (exact) mass is 531 g/mol. The normalized spacial score (nSPS) is 30.8. The summed E-state index contributed by atoms with van der Waals surface area (Å²) < 4.78 is 0. The van der Waals surface area contributed by atoms with Crippen molar-refractivity contribution >= 4 is 12.2 Å². The molecule has 4 aliphatic carbocycles. The number of hydrogen-bond donors (Lipinski definition) is 2. The van der Waals surface area contributed by atoms with Crippen LogP contribution in [0.3, 0.4) is 0 Å². The minimum absolute atomic E-state index is 0.405. The number of allylic oxidation sites excluding steroid dienone is 5. The van der Waals surface area contributed by atoms with E-state index in [0.29, 0.717) is 11.3 Å². The Labute approximate surface area is 240 Å². The first kappa shape index (κ1) is 31.6. The standard InChI is InChI=1S/C30H38.C4H9N.C2H6.CH4O/c1-4-8-22-11-12-26(19-21(22)5-2)28-15-16-29-27-14-13-23-9-6-7-10-24(23)20-25(27)17-18-30(28,29)3;1-2-4-5-3-1;2*1-2/h4-5,8,11-12,17,19-20,23,27-29H,2,6-7,9-10,13-16,18H2,1,3H3;5H,1-4H2;1-2H3;2H,1H3/b8-4-;;;. The molecule has 0 radical (unpaired) electrons. The molecule has 6 rings (SSSR count). The van der Waals surface area contributed by atoms with E-state index in [1.807, 2.05) is 19.9 Å². The van der Waals surface area contributed by atoms with Gasteiger partial charge in [-0.1, -0.05) is 87.9 Å². The molecule has 1 aromatic rings. The molecular formula is C37H57NO. The molecule has 39 heavy (non-hydrogen) atoms. The van der Waals surface area contributed by atoms with Crippen LogP contribution in [0.2, 0.25) is 0 Å². The number of benzene rings is 1. The van der Waals surface area contributed by atoms with Crippen LogP contribution >= 0.6 is 0 Å². The summed E-state index contributed by atoms with van der Waals surface area (Å²) in [4.78, 5) is 0. The lowest BCUT2D eigenvalue weighted by Crippen LogP contribution is -2.35. The minimum Gasteiger partial charge on any atom is -0.400 e. The van der Waals surface area contributed by atoms with E-state index < -0.39 is 0 Å². The van der Waals surface area contributed by atoms with Gasteiger partial charge in [-0.25, -0.2) is 0 Å². The Bertz CT molecular complexity index is 989. The van der Waals surface area contributed by atoms with Crippen molar-refractivity contribution in [2.45, 2.75) is 104 Å². The fourth-order valence-corrected chi connectivity index (χ4v) is 8.19. The summed E-state index contributed by atoms with van der Waals surface area (Å²) in [6.07, 6.45) is 27.0. The predicted octanol–water partition coefficient (Wildman–Crippen LogP) is 9.72. The van der Waals surface area contributed by atoms with Gasteiger partial charge >= 0.3 is 0 Å². The van der Waals surface area contributed by atoms with Gasteiger partial charge in [0.05, 0.1) is 0 Å². The number of aliphatic hydroxyl groups excluding tert-OH is 1. The molecule has 0 spiro atoms. The van der Waals surface area contributed by atoms with Gasteiger partial charge in [0.15, 0.2) is 0 Å². The van der Waals surface area contributed by atoms with Crippen molar-refractivity contribution in [3.8, 4) is 0 Å². The zero-order valence-electron chi connectivity index (χ0n) is 25.8. The maximum Gasteiger partial charge on any atom is 0.0319 e. The zero-order valence-corrected chi connectivity index (χ0v) is 25.8. The lowest BCUT2D eigenvalue weighted by molar-refractivity contribution is 0.136. The van der Waals surface area contributed by atoms with Gasteiger partial charge in [-0.05, 0) is 136 Å². The highest BCUT2D eigenvalue weighted by atomic mass is 16.2. The van der Waals surface area contributed by atoms with Crippen molar-refractivity contribution in [3.05, 3.63) is 70.8 Å². The Balaban J connectivity index is 0.000000408. The summed E-state index contributed by atoms with van der Waals surface area (Å²) in [5, 5.41) is 10.2. The van der Waals surface area contributed by atoms with Gasteiger partial charge in [0.1, 0.15) is 0 Å². The van der Waals surface area contributed by atoms with Gasteiger partial charge < -0.3 is 10.4 Å². The number of rotatable bonds is 3. The number of hydrogen-bond acceptors (Lipinski definition) is 2. The molecule has 1 heterocycles. The van der Waals surface area contributed by atoms with Crippen LogP contribution in [0, 0.1) is 23.2 Å². The lowest BCUT2D eigenvalue weighted by atomic mass is 9.60. The highest BCUT2D eigenvalue weighted by Gasteiger charge is 2.52. The third kappa shape index (κ3) is 7.25. The first-order valence-electron chi connectivity index (χ1n) is 16.1. The van der Waals surface area contributed by atoms with Crippen LogP contribution in [0.1, 0.15) is 121 Å². The molecule has 0 bridgehead atoms. The van der Waals surface area contributed by atoms with E-state index in [1.165, 1.54) is 94.8 Å². The Morgan fingerprint density at radius 1 is 0.949 bits per heavy atom. The van der Waals surface area contributed by atoms with Gasteiger partial charge in [0.2, 0.25) is 0 Å². The van der Waals surface area contributed by atoms with E-state index in [2.05, 4.69) is 68.2 Å².